The Hall–Kier alpha value is -2.83. The molecule has 0 aliphatic rings. The Bertz CT molecular complexity index is 775. The molecule has 0 aliphatic heterocycles. The van der Waals surface area contributed by atoms with Crippen molar-refractivity contribution in [2.45, 2.75) is 26.9 Å². The smallest absolute Gasteiger partial charge is 0.162 e. The number of benzene rings is 1. The number of hydrogen-bond donors (Lipinski definition) is 1. The summed E-state index contributed by atoms with van der Waals surface area (Å²) in [4.78, 5) is 4.44. The van der Waals surface area contributed by atoms with Crippen molar-refractivity contribution in [3.63, 3.8) is 0 Å². The van der Waals surface area contributed by atoms with Gasteiger partial charge < -0.3 is 14.0 Å². The zero-order valence-corrected chi connectivity index (χ0v) is 13.3. The van der Waals surface area contributed by atoms with Crippen molar-refractivity contribution in [1.29, 1.82) is 0 Å². The van der Waals surface area contributed by atoms with Crippen LogP contribution in [0.4, 0.5) is 0 Å². The Morgan fingerprint density at radius 1 is 1.17 bits per heavy atom. The van der Waals surface area contributed by atoms with Gasteiger partial charge in [0.2, 0.25) is 0 Å². The summed E-state index contributed by atoms with van der Waals surface area (Å²) >= 11 is 0. The fourth-order valence-electron chi connectivity index (χ4n) is 2.27. The number of nitrogens with zero attached hydrogens (tertiary/aromatic N) is 3. The molecule has 1 N–H and O–H groups in total. The van der Waals surface area contributed by atoms with Crippen LogP contribution in [0.25, 0.3) is 0 Å². The average Bonchev–Trinajstić information content (AvgIpc) is 3.15. The number of aryl methyl sites for hydroxylation is 2. The van der Waals surface area contributed by atoms with Gasteiger partial charge in [0.05, 0.1) is 12.8 Å². The molecule has 1 aromatic carbocycles. The Balaban J connectivity index is 1.66. The quantitative estimate of drug-likeness (QED) is 0.752. The average molecular weight is 314 g/mol. The highest BCUT2D eigenvalue weighted by Crippen LogP contribution is 2.26. The third-order valence-corrected chi connectivity index (χ3v) is 3.53. The first-order chi connectivity index (χ1) is 11.2. The summed E-state index contributed by atoms with van der Waals surface area (Å²) in [5.74, 6) is 3.47. The highest BCUT2D eigenvalue weighted by molar-refractivity contribution is 5.39. The molecular formula is C16H18N4O3. The van der Waals surface area contributed by atoms with Crippen molar-refractivity contribution in [2.24, 2.45) is 0 Å². The minimum atomic E-state index is 0.287. The first-order valence-electron chi connectivity index (χ1n) is 7.25. The van der Waals surface area contributed by atoms with E-state index in [1.807, 2.05) is 38.1 Å². The Morgan fingerprint density at radius 2 is 1.96 bits per heavy atom. The van der Waals surface area contributed by atoms with Crippen LogP contribution in [-0.4, -0.2) is 27.4 Å². The van der Waals surface area contributed by atoms with Crippen molar-refractivity contribution < 1.29 is 14.0 Å². The molecule has 0 fully saturated rings. The second kappa shape index (κ2) is 6.51. The van der Waals surface area contributed by atoms with Gasteiger partial charge in [0.1, 0.15) is 12.4 Å². The molecule has 23 heavy (non-hydrogen) atoms. The fraction of sp³-hybridized carbons (Fsp3) is 0.312. The van der Waals surface area contributed by atoms with Gasteiger partial charge in [-0.1, -0.05) is 17.3 Å². The standard InChI is InChI=1S/C16H18N4O3/c1-10-12(11(2)23-20-10)8-15-17-16(19-18-15)9-22-14-7-5-4-6-13(14)21-3/h4-7H,8-9H2,1-3H3,(H,17,18,19). The van der Waals surface area contributed by atoms with Crippen LogP contribution >= 0.6 is 0 Å². The predicted molar refractivity (Wildman–Crippen MR) is 82.5 cm³/mol. The highest BCUT2D eigenvalue weighted by Gasteiger charge is 2.13. The van der Waals surface area contributed by atoms with E-state index >= 15 is 0 Å². The number of methoxy groups -OCH3 is 1. The molecule has 0 bridgehead atoms. The van der Waals surface area contributed by atoms with Crippen LogP contribution in [-0.2, 0) is 13.0 Å². The van der Waals surface area contributed by atoms with Crippen LogP contribution < -0.4 is 9.47 Å². The molecule has 2 aromatic heterocycles. The number of ether oxygens (including phenoxy) is 2. The second-order valence-corrected chi connectivity index (χ2v) is 5.12. The molecule has 0 amide bonds. The van der Waals surface area contributed by atoms with Gasteiger partial charge in [0.15, 0.2) is 23.1 Å². The molecule has 3 aromatic rings. The van der Waals surface area contributed by atoms with Gasteiger partial charge in [-0.3, -0.25) is 5.10 Å². The Labute approximate surface area is 133 Å². The zero-order valence-electron chi connectivity index (χ0n) is 13.3. The van der Waals surface area contributed by atoms with Crippen molar-refractivity contribution in [3.05, 3.63) is 52.9 Å². The monoisotopic (exact) mass is 314 g/mol. The van der Waals surface area contributed by atoms with Crippen molar-refractivity contribution in [3.8, 4) is 11.5 Å². The number of hydrogen-bond acceptors (Lipinski definition) is 6. The lowest BCUT2D eigenvalue weighted by molar-refractivity contribution is 0.276. The molecule has 7 heteroatoms. The van der Waals surface area contributed by atoms with Gasteiger partial charge in [-0.25, -0.2) is 4.98 Å². The molecule has 120 valence electrons. The second-order valence-electron chi connectivity index (χ2n) is 5.12. The minimum absolute atomic E-state index is 0.287. The van der Waals surface area contributed by atoms with Gasteiger partial charge in [-0.2, -0.15) is 5.10 Å². The SMILES string of the molecule is COc1ccccc1OCc1nc(Cc2c(C)noc2C)n[nH]1. The molecule has 2 heterocycles. The summed E-state index contributed by atoms with van der Waals surface area (Å²) in [5.41, 5.74) is 1.88. The summed E-state index contributed by atoms with van der Waals surface area (Å²) in [7, 11) is 1.61. The summed E-state index contributed by atoms with van der Waals surface area (Å²) in [5, 5.41) is 11.0. The Kier molecular flexibility index (Phi) is 4.27. The van der Waals surface area contributed by atoms with E-state index in [1.54, 1.807) is 7.11 Å². The lowest BCUT2D eigenvalue weighted by Gasteiger charge is -2.08. The molecule has 0 unspecified atom stereocenters. The van der Waals surface area contributed by atoms with Crippen LogP contribution in [0, 0.1) is 13.8 Å². The first kappa shape index (κ1) is 15.1. The van der Waals surface area contributed by atoms with Gasteiger partial charge in [-0.05, 0) is 26.0 Å². The normalized spacial score (nSPS) is 10.7. The fourth-order valence-corrected chi connectivity index (χ4v) is 2.27. The lowest BCUT2D eigenvalue weighted by Crippen LogP contribution is -1.99. The molecule has 3 rings (SSSR count). The largest absolute Gasteiger partial charge is 0.493 e. The van der Waals surface area contributed by atoms with Crippen molar-refractivity contribution in [2.75, 3.05) is 7.11 Å². The lowest BCUT2D eigenvalue weighted by atomic mass is 10.1. The van der Waals surface area contributed by atoms with E-state index in [2.05, 4.69) is 20.3 Å². The molecule has 0 radical (unpaired) electrons. The third kappa shape index (κ3) is 3.33. The van der Waals surface area contributed by atoms with E-state index in [1.165, 1.54) is 0 Å². The third-order valence-electron chi connectivity index (χ3n) is 3.53. The zero-order chi connectivity index (χ0) is 16.2. The van der Waals surface area contributed by atoms with Crippen molar-refractivity contribution in [1.82, 2.24) is 20.3 Å². The maximum atomic E-state index is 5.72. The van der Waals surface area contributed by atoms with Crippen LogP contribution in [0.15, 0.2) is 28.8 Å². The number of H-pyrrole nitrogens is 1. The van der Waals surface area contributed by atoms with Crippen LogP contribution in [0.3, 0.4) is 0 Å². The van der Waals surface area contributed by atoms with E-state index in [-0.39, 0.29) is 6.61 Å². The molecular weight excluding hydrogens is 296 g/mol. The van der Waals surface area contributed by atoms with E-state index in [0.717, 1.165) is 17.0 Å². The van der Waals surface area contributed by atoms with Crippen LogP contribution in [0.2, 0.25) is 0 Å². The van der Waals surface area contributed by atoms with Gasteiger partial charge in [-0.15, -0.1) is 0 Å². The molecule has 0 spiro atoms. The minimum Gasteiger partial charge on any atom is -0.493 e. The maximum absolute atomic E-state index is 5.72. The number of rotatable bonds is 6. The molecule has 7 nitrogen and oxygen atoms in total. The van der Waals surface area contributed by atoms with Gasteiger partial charge >= 0.3 is 0 Å². The number of aromatic nitrogens is 4. The van der Waals surface area contributed by atoms with E-state index < -0.39 is 0 Å². The maximum Gasteiger partial charge on any atom is 0.162 e. The topological polar surface area (TPSA) is 86.1 Å². The summed E-state index contributed by atoms with van der Waals surface area (Å²) < 4.78 is 16.1. The number of aromatic amines is 1. The molecule has 0 saturated heterocycles. The summed E-state index contributed by atoms with van der Waals surface area (Å²) in [6.07, 6.45) is 0.576. The van der Waals surface area contributed by atoms with E-state index in [4.69, 9.17) is 14.0 Å². The van der Waals surface area contributed by atoms with Crippen molar-refractivity contribution >= 4 is 0 Å². The van der Waals surface area contributed by atoms with Gasteiger partial charge in [0, 0.05) is 12.0 Å². The highest BCUT2D eigenvalue weighted by atomic mass is 16.5. The predicted octanol–water partition coefficient (Wildman–Crippen LogP) is 2.59. The van der Waals surface area contributed by atoms with Crippen LogP contribution in [0.5, 0.6) is 11.5 Å². The number of para-hydroxylation sites is 2. The molecule has 0 saturated carbocycles. The Morgan fingerprint density at radius 3 is 2.65 bits per heavy atom. The van der Waals surface area contributed by atoms with Crippen LogP contribution in [0.1, 0.15) is 28.7 Å². The molecule has 0 aliphatic carbocycles. The summed E-state index contributed by atoms with van der Waals surface area (Å²) in [6.45, 7) is 4.08. The molecule has 0 atom stereocenters. The van der Waals surface area contributed by atoms with E-state index in [0.29, 0.717) is 29.6 Å². The van der Waals surface area contributed by atoms with Gasteiger partial charge in [0.25, 0.3) is 0 Å². The van der Waals surface area contributed by atoms with E-state index in [9.17, 15) is 0 Å². The number of nitrogens with one attached hydrogen (secondary N) is 1. The first-order valence-corrected chi connectivity index (χ1v) is 7.25. The summed E-state index contributed by atoms with van der Waals surface area (Å²) in [6, 6.07) is 7.47.